The first kappa shape index (κ1) is 9.92. The maximum atomic E-state index is 10.6. The lowest BCUT2D eigenvalue weighted by Crippen LogP contribution is -2.40. The standard InChI is InChI=1S/C9H13NO2Si/c1-13(2,3)8-6-4-5-7(10-8)9(11)12/h4-6H,1-3H3,(H,11,12). The first-order chi connectivity index (χ1) is 5.91. The molecular weight excluding hydrogens is 182 g/mol. The zero-order valence-corrected chi connectivity index (χ0v) is 9.03. The second-order valence-electron chi connectivity index (χ2n) is 3.96. The Bertz CT molecular complexity index is 331. The molecule has 0 bridgehead atoms. The minimum Gasteiger partial charge on any atom is -0.477 e. The molecule has 0 unspecified atom stereocenters. The first-order valence-electron chi connectivity index (χ1n) is 4.12. The van der Waals surface area contributed by atoms with E-state index in [1.165, 1.54) is 6.07 Å². The second kappa shape index (κ2) is 3.30. The minimum absolute atomic E-state index is 0.139. The molecule has 0 spiro atoms. The summed E-state index contributed by atoms with van der Waals surface area (Å²) in [7, 11) is -1.49. The molecule has 0 atom stereocenters. The summed E-state index contributed by atoms with van der Waals surface area (Å²) in [4.78, 5) is 14.7. The average molecular weight is 195 g/mol. The molecule has 1 heterocycles. The third kappa shape index (κ3) is 2.38. The highest BCUT2D eigenvalue weighted by molar-refractivity contribution is 6.88. The van der Waals surface area contributed by atoms with E-state index in [2.05, 4.69) is 24.6 Å². The van der Waals surface area contributed by atoms with Crippen molar-refractivity contribution in [2.45, 2.75) is 19.6 Å². The Morgan fingerprint density at radius 3 is 2.46 bits per heavy atom. The van der Waals surface area contributed by atoms with Crippen molar-refractivity contribution in [2.75, 3.05) is 0 Å². The lowest BCUT2D eigenvalue weighted by atomic mass is 10.4. The molecule has 1 aromatic rings. The van der Waals surface area contributed by atoms with Crippen LogP contribution < -0.4 is 5.32 Å². The molecule has 0 aliphatic heterocycles. The van der Waals surface area contributed by atoms with Gasteiger partial charge in [-0.15, -0.1) is 0 Å². The highest BCUT2D eigenvalue weighted by Crippen LogP contribution is 2.01. The smallest absolute Gasteiger partial charge is 0.354 e. The van der Waals surface area contributed by atoms with Crippen LogP contribution in [0.1, 0.15) is 10.5 Å². The van der Waals surface area contributed by atoms with E-state index >= 15 is 0 Å². The Kier molecular flexibility index (Phi) is 2.52. The molecule has 0 aromatic carbocycles. The van der Waals surface area contributed by atoms with Gasteiger partial charge < -0.3 is 5.11 Å². The van der Waals surface area contributed by atoms with Crippen molar-refractivity contribution < 1.29 is 9.90 Å². The monoisotopic (exact) mass is 195 g/mol. The van der Waals surface area contributed by atoms with E-state index < -0.39 is 14.0 Å². The van der Waals surface area contributed by atoms with Crippen molar-refractivity contribution in [1.29, 1.82) is 0 Å². The third-order valence-electron chi connectivity index (χ3n) is 1.74. The van der Waals surface area contributed by atoms with Gasteiger partial charge in [0.15, 0.2) is 0 Å². The fraction of sp³-hybridized carbons (Fsp3) is 0.333. The van der Waals surface area contributed by atoms with Crippen molar-refractivity contribution in [2.24, 2.45) is 0 Å². The zero-order valence-electron chi connectivity index (χ0n) is 8.03. The van der Waals surface area contributed by atoms with Crippen LogP contribution in [0.15, 0.2) is 18.2 Å². The van der Waals surface area contributed by atoms with Gasteiger partial charge in [0.25, 0.3) is 0 Å². The van der Waals surface area contributed by atoms with Crippen molar-refractivity contribution in [3.05, 3.63) is 23.9 Å². The van der Waals surface area contributed by atoms with Gasteiger partial charge in [-0.1, -0.05) is 25.7 Å². The predicted molar refractivity (Wildman–Crippen MR) is 54.2 cm³/mol. The Morgan fingerprint density at radius 2 is 2.00 bits per heavy atom. The number of aromatic carboxylic acids is 1. The molecule has 0 aliphatic carbocycles. The van der Waals surface area contributed by atoms with Crippen LogP contribution in [0.3, 0.4) is 0 Å². The van der Waals surface area contributed by atoms with E-state index in [0.29, 0.717) is 0 Å². The van der Waals surface area contributed by atoms with E-state index in [0.717, 1.165) is 5.32 Å². The highest BCUT2D eigenvalue weighted by atomic mass is 28.3. The van der Waals surface area contributed by atoms with E-state index in [4.69, 9.17) is 5.11 Å². The summed E-state index contributed by atoms with van der Waals surface area (Å²) < 4.78 is 0. The molecule has 13 heavy (non-hydrogen) atoms. The van der Waals surface area contributed by atoms with Crippen LogP contribution in [0.5, 0.6) is 0 Å². The summed E-state index contributed by atoms with van der Waals surface area (Å²) in [6.45, 7) is 6.42. The molecule has 1 N–H and O–H groups in total. The van der Waals surface area contributed by atoms with E-state index in [1.807, 2.05) is 6.07 Å². The van der Waals surface area contributed by atoms with Crippen LogP contribution in [0.25, 0.3) is 0 Å². The fourth-order valence-electron chi connectivity index (χ4n) is 0.972. The van der Waals surface area contributed by atoms with Crippen molar-refractivity contribution in [3.63, 3.8) is 0 Å². The fourth-order valence-corrected chi connectivity index (χ4v) is 2.02. The number of nitrogens with zero attached hydrogens (tertiary/aromatic N) is 1. The van der Waals surface area contributed by atoms with Crippen LogP contribution in [-0.2, 0) is 0 Å². The summed E-state index contributed by atoms with van der Waals surface area (Å²) in [5.74, 6) is -0.958. The van der Waals surface area contributed by atoms with Crippen molar-refractivity contribution in [1.82, 2.24) is 4.98 Å². The van der Waals surface area contributed by atoms with Gasteiger partial charge in [-0.25, -0.2) is 4.79 Å². The average Bonchev–Trinajstić information content (AvgIpc) is 2.03. The second-order valence-corrected chi connectivity index (χ2v) is 8.98. The summed E-state index contributed by atoms with van der Waals surface area (Å²) in [5.41, 5.74) is 0.139. The zero-order chi connectivity index (χ0) is 10.1. The van der Waals surface area contributed by atoms with Crippen LogP contribution in [-0.4, -0.2) is 24.1 Å². The maximum Gasteiger partial charge on any atom is 0.354 e. The van der Waals surface area contributed by atoms with Gasteiger partial charge in [-0.05, 0) is 12.1 Å². The summed E-state index contributed by atoms with van der Waals surface area (Å²) >= 11 is 0. The quantitative estimate of drug-likeness (QED) is 0.724. The van der Waals surface area contributed by atoms with Crippen LogP contribution in [0.4, 0.5) is 0 Å². The molecule has 3 nitrogen and oxygen atoms in total. The van der Waals surface area contributed by atoms with Gasteiger partial charge in [0, 0.05) is 5.32 Å². The summed E-state index contributed by atoms with van der Waals surface area (Å²) in [6.07, 6.45) is 0. The molecule has 1 aromatic heterocycles. The molecule has 0 saturated heterocycles. The van der Waals surface area contributed by atoms with E-state index in [1.54, 1.807) is 6.07 Å². The lowest BCUT2D eigenvalue weighted by Gasteiger charge is -2.14. The minimum atomic E-state index is -1.49. The molecule has 0 fully saturated rings. The molecule has 4 heteroatoms. The lowest BCUT2D eigenvalue weighted by molar-refractivity contribution is 0.0691. The maximum absolute atomic E-state index is 10.6. The SMILES string of the molecule is C[Si](C)(C)c1cccc(C(=O)O)n1. The molecule has 0 amide bonds. The van der Waals surface area contributed by atoms with Gasteiger partial charge in [-0.3, -0.25) is 4.98 Å². The van der Waals surface area contributed by atoms with Crippen LogP contribution in [0.2, 0.25) is 19.6 Å². The predicted octanol–water partition coefficient (Wildman–Crippen LogP) is 1.32. The number of carbonyl (C=O) groups is 1. The largest absolute Gasteiger partial charge is 0.477 e. The summed E-state index contributed by atoms with van der Waals surface area (Å²) in [5, 5.41) is 9.67. The van der Waals surface area contributed by atoms with Gasteiger partial charge >= 0.3 is 5.97 Å². The third-order valence-corrected chi connectivity index (χ3v) is 3.55. The molecular formula is C9H13NO2Si. The van der Waals surface area contributed by atoms with Crippen LogP contribution in [0, 0.1) is 0 Å². The molecule has 1 rings (SSSR count). The van der Waals surface area contributed by atoms with Gasteiger partial charge in [0.1, 0.15) is 13.8 Å². The summed E-state index contributed by atoms with van der Waals surface area (Å²) in [6, 6.07) is 5.18. The number of pyridine rings is 1. The van der Waals surface area contributed by atoms with Gasteiger partial charge in [0.05, 0.1) is 0 Å². The molecule has 70 valence electrons. The topological polar surface area (TPSA) is 50.2 Å². The molecule has 0 aliphatic rings. The molecule has 0 radical (unpaired) electrons. The highest BCUT2D eigenvalue weighted by Gasteiger charge is 2.19. The van der Waals surface area contributed by atoms with Crippen LogP contribution >= 0.6 is 0 Å². The Balaban J connectivity index is 3.13. The number of aromatic nitrogens is 1. The van der Waals surface area contributed by atoms with E-state index in [9.17, 15) is 4.79 Å². The number of hydrogen-bond acceptors (Lipinski definition) is 2. The Labute approximate surface area is 78.4 Å². The van der Waals surface area contributed by atoms with Gasteiger partial charge in [0.2, 0.25) is 0 Å². The number of carboxylic acids is 1. The number of hydrogen-bond donors (Lipinski definition) is 1. The van der Waals surface area contributed by atoms with E-state index in [-0.39, 0.29) is 5.69 Å². The molecule has 0 saturated carbocycles. The first-order valence-corrected chi connectivity index (χ1v) is 7.62. The van der Waals surface area contributed by atoms with Gasteiger partial charge in [-0.2, -0.15) is 0 Å². The van der Waals surface area contributed by atoms with Crippen molar-refractivity contribution in [3.8, 4) is 0 Å². The normalized spacial score (nSPS) is 11.3. The van der Waals surface area contributed by atoms with Crippen molar-refractivity contribution >= 4 is 19.4 Å². The Morgan fingerprint density at radius 1 is 1.38 bits per heavy atom. The number of carboxylic acid groups (broad SMARTS) is 1. The number of rotatable bonds is 2. The Hall–Kier alpha value is -1.16.